The molecular weight excluding hydrogens is 396 g/mol. The van der Waals surface area contributed by atoms with Crippen molar-refractivity contribution >= 4 is 55.6 Å². The van der Waals surface area contributed by atoms with Crippen molar-refractivity contribution in [3.8, 4) is 0 Å². The summed E-state index contributed by atoms with van der Waals surface area (Å²) in [5.41, 5.74) is 3.64. The number of hydrogen-bond donors (Lipinski definition) is 2. The van der Waals surface area contributed by atoms with Crippen molar-refractivity contribution in [2.75, 3.05) is 0 Å². The summed E-state index contributed by atoms with van der Waals surface area (Å²) in [7, 11) is 0. The summed E-state index contributed by atoms with van der Waals surface area (Å²) in [4.78, 5) is 6.55. The highest BCUT2D eigenvalue weighted by Gasteiger charge is 2.06. The van der Waals surface area contributed by atoms with Gasteiger partial charge in [-0.2, -0.15) is 0 Å². The standard InChI is InChI=1S/C26H18N6/c1-3-11-21-17(7-1)15-25(27-21)31-29-23-13-5-10-20-19(23)9-6-14-24(20)30-32-26-16-18-8-2-4-12-22(18)28-26/h1-16,27-28H. The molecule has 2 N–H and O–H groups in total. The van der Waals surface area contributed by atoms with Gasteiger partial charge in [-0.15, -0.1) is 20.5 Å². The second kappa shape index (κ2) is 7.59. The van der Waals surface area contributed by atoms with E-state index in [4.69, 9.17) is 0 Å². The van der Waals surface area contributed by atoms with Gasteiger partial charge in [0, 0.05) is 32.6 Å². The van der Waals surface area contributed by atoms with E-state index in [0.29, 0.717) is 0 Å². The van der Waals surface area contributed by atoms with Crippen LogP contribution in [0.3, 0.4) is 0 Å². The number of hydrogen-bond acceptors (Lipinski definition) is 4. The summed E-state index contributed by atoms with van der Waals surface area (Å²) in [6, 6.07) is 32.0. The lowest BCUT2D eigenvalue weighted by Crippen LogP contribution is -1.75. The third-order valence-corrected chi connectivity index (χ3v) is 5.44. The number of nitrogens with one attached hydrogen (secondary N) is 2. The zero-order valence-corrected chi connectivity index (χ0v) is 17.0. The molecule has 6 aromatic rings. The Labute approximate surface area is 183 Å². The average Bonchev–Trinajstić information content (AvgIpc) is 3.44. The molecule has 0 saturated carbocycles. The van der Waals surface area contributed by atoms with Crippen LogP contribution in [0.4, 0.5) is 23.0 Å². The molecule has 152 valence electrons. The van der Waals surface area contributed by atoms with Crippen molar-refractivity contribution in [2.45, 2.75) is 0 Å². The minimum absolute atomic E-state index is 0.720. The summed E-state index contributed by atoms with van der Waals surface area (Å²) < 4.78 is 0. The van der Waals surface area contributed by atoms with E-state index in [1.165, 1.54) is 0 Å². The van der Waals surface area contributed by atoms with Crippen LogP contribution in [-0.4, -0.2) is 9.97 Å². The van der Waals surface area contributed by atoms with Gasteiger partial charge in [-0.1, -0.05) is 60.7 Å². The van der Waals surface area contributed by atoms with Gasteiger partial charge in [0.25, 0.3) is 0 Å². The lowest BCUT2D eigenvalue weighted by atomic mass is 10.1. The smallest absolute Gasteiger partial charge is 0.153 e. The highest BCUT2D eigenvalue weighted by atomic mass is 15.2. The Balaban J connectivity index is 1.35. The van der Waals surface area contributed by atoms with Crippen LogP contribution >= 0.6 is 0 Å². The molecule has 2 aromatic heterocycles. The van der Waals surface area contributed by atoms with Gasteiger partial charge in [0.1, 0.15) is 0 Å². The van der Waals surface area contributed by atoms with Crippen LogP contribution in [0.1, 0.15) is 0 Å². The fourth-order valence-electron chi connectivity index (χ4n) is 3.89. The van der Waals surface area contributed by atoms with E-state index in [2.05, 4.69) is 30.4 Å². The number of nitrogens with zero attached hydrogens (tertiary/aromatic N) is 4. The molecule has 0 spiro atoms. The number of benzene rings is 4. The van der Waals surface area contributed by atoms with E-state index in [1.54, 1.807) is 0 Å². The number of rotatable bonds is 4. The van der Waals surface area contributed by atoms with Crippen LogP contribution in [0.25, 0.3) is 32.6 Å². The summed E-state index contributed by atoms with van der Waals surface area (Å²) >= 11 is 0. The molecule has 0 bridgehead atoms. The highest BCUT2D eigenvalue weighted by Crippen LogP contribution is 2.34. The van der Waals surface area contributed by atoms with Gasteiger partial charge in [-0.05, 0) is 36.4 Å². The van der Waals surface area contributed by atoms with Crippen LogP contribution < -0.4 is 0 Å². The number of aromatic amines is 2. The van der Waals surface area contributed by atoms with E-state index in [-0.39, 0.29) is 0 Å². The van der Waals surface area contributed by atoms with Gasteiger partial charge in [-0.25, -0.2) is 0 Å². The van der Waals surface area contributed by atoms with Crippen molar-refractivity contribution in [3.63, 3.8) is 0 Å². The summed E-state index contributed by atoms with van der Waals surface area (Å²) in [5.74, 6) is 1.44. The Bertz CT molecular complexity index is 1450. The Kier molecular flexibility index (Phi) is 4.32. The van der Waals surface area contributed by atoms with Gasteiger partial charge < -0.3 is 9.97 Å². The molecule has 0 radical (unpaired) electrons. The van der Waals surface area contributed by atoms with Gasteiger partial charge in [0.15, 0.2) is 11.6 Å². The van der Waals surface area contributed by atoms with E-state index in [0.717, 1.165) is 55.6 Å². The molecule has 0 fully saturated rings. The second-order valence-electron chi connectivity index (χ2n) is 7.53. The zero-order chi connectivity index (χ0) is 21.3. The van der Waals surface area contributed by atoms with E-state index in [9.17, 15) is 0 Å². The van der Waals surface area contributed by atoms with Crippen molar-refractivity contribution < 1.29 is 0 Å². The van der Waals surface area contributed by atoms with Crippen LogP contribution in [0.2, 0.25) is 0 Å². The summed E-state index contributed by atoms with van der Waals surface area (Å²) in [5, 5.41) is 22.0. The largest absolute Gasteiger partial charge is 0.338 e. The fourth-order valence-corrected chi connectivity index (χ4v) is 3.89. The third kappa shape index (κ3) is 3.33. The fraction of sp³-hybridized carbons (Fsp3) is 0. The van der Waals surface area contributed by atoms with Gasteiger partial charge in [-0.3, -0.25) is 0 Å². The topological polar surface area (TPSA) is 81.0 Å². The minimum atomic E-state index is 0.720. The number of fused-ring (bicyclic) bond motifs is 3. The first-order valence-corrected chi connectivity index (χ1v) is 10.3. The summed E-state index contributed by atoms with van der Waals surface area (Å²) in [6.45, 7) is 0. The normalized spacial score (nSPS) is 12.1. The lowest BCUT2D eigenvalue weighted by Gasteiger charge is -2.03. The van der Waals surface area contributed by atoms with Gasteiger partial charge in [0.2, 0.25) is 0 Å². The molecule has 0 atom stereocenters. The molecule has 6 heteroatoms. The van der Waals surface area contributed by atoms with Crippen LogP contribution in [0.5, 0.6) is 0 Å². The molecule has 0 aliphatic heterocycles. The van der Waals surface area contributed by atoms with Crippen LogP contribution in [0.15, 0.2) is 118 Å². The van der Waals surface area contributed by atoms with E-state index >= 15 is 0 Å². The zero-order valence-electron chi connectivity index (χ0n) is 17.0. The molecular formula is C26H18N6. The molecule has 0 saturated heterocycles. The van der Waals surface area contributed by atoms with Crippen molar-refractivity contribution in [2.24, 2.45) is 20.5 Å². The first-order valence-electron chi connectivity index (χ1n) is 10.3. The Morgan fingerprint density at radius 1 is 0.438 bits per heavy atom. The molecule has 2 heterocycles. The van der Waals surface area contributed by atoms with Crippen molar-refractivity contribution in [1.82, 2.24) is 9.97 Å². The molecule has 6 rings (SSSR count). The molecule has 4 aromatic carbocycles. The quantitative estimate of drug-likeness (QED) is 0.271. The monoisotopic (exact) mass is 414 g/mol. The first kappa shape index (κ1) is 18.2. The van der Waals surface area contributed by atoms with E-state index in [1.807, 2.05) is 97.1 Å². The molecule has 0 amide bonds. The van der Waals surface area contributed by atoms with E-state index < -0.39 is 0 Å². The second-order valence-corrected chi connectivity index (χ2v) is 7.53. The minimum Gasteiger partial charge on any atom is -0.338 e. The maximum atomic E-state index is 4.50. The number of para-hydroxylation sites is 2. The van der Waals surface area contributed by atoms with Crippen LogP contribution in [-0.2, 0) is 0 Å². The summed E-state index contributed by atoms with van der Waals surface area (Å²) in [6.07, 6.45) is 0. The maximum absolute atomic E-state index is 4.50. The van der Waals surface area contributed by atoms with Crippen molar-refractivity contribution in [1.29, 1.82) is 0 Å². The number of H-pyrrole nitrogens is 2. The molecule has 0 aliphatic rings. The predicted octanol–water partition coefficient (Wildman–Crippen LogP) is 8.63. The SMILES string of the molecule is c1ccc2[nH]c(N=Nc3cccc4c(N=Nc5cc6ccccc6[nH]5)cccc34)cc2c1. The molecule has 0 aliphatic carbocycles. The Hall–Kier alpha value is -4.58. The molecule has 6 nitrogen and oxygen atoms in total. The maximum Gasteiger partial charge on any atom is 0.153 e. The highest BCUT2D eigenvalue weighted by molar-refractivity contribution is 5.99. The lowest BCUT2D eigenvalue weighted by molar-refractivity contribution is 1.19. The van der Waals surface area contributed by atoms with Gasteiger partial charge in [0.05, 0.1) is 11.4 Å². The molecule has 0 unspecified atom stereocenters. The molecule has 32 heavy (non-hydrogen) atoms. The number of aromatic nitrogens is 2. The van der Waals surface area contributed by atoms with Crippen molar-refractivity contribution in [3.05, 3.63) is 97.1 Å². The first-order chi connectivity index (χ1) is 15.8. The Morgan fingerprint density at radius 2 is 0.906 bits per heavy atom. The van der Waals surface area contributed by atoms with Gasteiger partial charge >= 0.3 is 0 Å². The third-order valence-electron chi connectivity index (χ3n) is 5.44. The average molecular weight is 414 g/mol. The Morgan fingerprint density at radius 3 is 1.38 bits per heavy atom. The van der Waals surface area contributed by atoms with Crippen LogP contribution in [0, 0.1) is 0 Å². The predicted molar refractivity (Wildman–Crippen MR) is 129 cm³/mol. The number of azo groups is 2.